The standard InChI is InChI=1S/C19H22O6/c1-22-15-9-8-12(11-17(15)24-3)14(19(20)21)10-13-6-5-7-16(23-2)18(13)25-4/h5-9,11,14H,10H2,1-4H3,(H,20,21). The Hall–Kier alpha value is -2.89. The number of para-hydroxylation sites is 1. The molecule has 2 aromatic carbocycles. The van der Waals surface area contributed by atoms with E-state index in [2.05, 4.69) is 0 Å². The molecule has 0 bridgehead atoms. The third-order valence-corrected chi connectivity index (χ3v) is 4.02. The maximum absolute atomic E-state index is 11.9. The van der Waals surface area contributed by atoms with E-state index in [1.165, 1.54) is 21.3 Å². The summed E-state index contributed by atoms with van der Waals surface area (Å²) >= 11 is 0. The van der Waals surface area contributed by atoms with E-state index in [1.807, 2.05) is 12.1 Å². The maximum atomic E-state index is 11.9. The first-order chi connectivity index (χ1) is 12.0. The Morgan fingerprint density at radius 3 is 2.16 bits per heavy atom. The lowest BCUT2D eigenvalue weighted by atomic mass is 9.91. The summed E-state index contributed by atoms with van der Waals surface area (Å²) in [6.07, 6.45) is 0.255. The van der Waals surface area contributed by atoms with Crippen molar-refractivity contribution in [3.63, 3.8) is 0 Å². The minimum Gasteiger partial charge on any atom is -0.493 e. The van der Waals surface area contributed by atoms with Crippen LogP contribution in [0.15, 0.2) is 36.4 Å². The van der Waals surface area contributed by atoms with E-state index in [4.69, 9.17) is 18.9 Å². The fraction of sp³-hybridized carbons (Fsp3) is 0.316. The molecule has 6 heteroatoms. The van der Waals surface area contributed by atoms with Gasteiger partial charge >= 0.3 is 5.97 Å². The van der Waals surface area contributed by atoms with E-state index in [1.54, 1.807) is 31.4 Å². The molecule has 0 amide bonds. The predicted octanol–water partition coefficient (Wildman–Crippen LogP) is 3.13. The Bertz CT molecular complexity index is 741. The largest absolute Gasteiger partial charge is 0.493 e. The van der Waals surface area contributed by atoms with Crippen molar-refractivity contribution in [3.05, 3.63) is 47.5 Å². The van der Waals surface area contributed by atoms with Gasteiger partial charge in [0.15, 0.2) is 23.0 Å². The topological polar surface area (TPSA) is 74.2 Å². The lowest BCUT2D eigenvalue weighted by Crippen LogP contribution is -2.15. The second kappa shape index (κ2) is 8.28. The van der Waals surface area contributed by atoms with Gasteiger partial charge in [-0.1, -0.05) is 18.2 Å². The molecular weight excluding hydrogens is 324 g/mol. The number of carbonyl (C=O) groups is 1. The highest BCUT2D eigenvalue weighted by atomic mass is 16.5. The average molecular weight is 346 g/mol. The van der Waals surface area contributed by atoms with E-state index in [0.717, 1.165) is 5.56 Å². The highest BCUT2D eigenvalue weighted by Crippen LogP contribution is 2.36. The third kappa shape index (κ3) is 3.96. The van der Waals surface area contributed by atoms with Crippen LogP contribution in [0.3, 0.4) is 0 Å². The lowest BCUT2D eigenvalue weighted by Gasteiger charge is -2.18. The summed E-state index contributed by atoms with van der Waals surface area (Å²) in [4.78, 5) is 11.9. The summed E-state index contributed by atoms with van der Waals surface area (Å²) in [6, 6.07) is 10.5. The summed E-state index contributed by atoms with van der Waals surface area (Å²) in [6.45, 7) is 0. The van der Waals surface area contributed by atoms with Gasteiger partial charge in [-0.25, -0.2) is 0 Å². The van der Waals surface area contributed by atoms with Crippen molar-refractivity contribution in [2.24, 2.45) is 0 Å². The molecule has 1 atom stereocenters. The Balaban J connectivity index is 2.42. The van der Waals surface area contributed by atoms with Crippen LogP contribution in [0.2, 0.25) is 0 Å². The second-order valence-corrected chi connectivity index (χ2v) is 5.36. The molecule has 2 aromatic rings. The minimum atomic E-state index is -0.933. The Morgan fingerprint density at radius 1 is 0.920 bits per heavy atom. The number of hydrogen-bond donors (Lipinski definition) is 1. The molecule has 0 saturated heterocycles. The van der Waals surface area contributed by atoms with E-state index in [-0.39, 0.29) is 6.42 Å². The van der Waals surface area contributed by atoms with Gasteiger partial charge in [-0.2, -0.15) is 0 Å². The molecule has 134 valence electrons. The summed E-state index contributed by atoms with van der Waals surface area (Å²) < 4.78 is 21.2. The number of benzene rings is 2. The molecule has 6 nitrogen and oxygen atoms in total. The van der Waals surface area contributed by atoms with Crippen molar-refractivity contribution < 1.29 is 28.8 Å². The Morgan fingerprint density at radius 2 is 1.60 bits per heavy atom. The van der Waals surface area contributed by atoms with Gasteiger partial charge in [0.05, 0.1) is 34.4 Å². The molecule has 0 radical (unpaired) electrons. The first kappa shape index (κ1) is 18.4. The fourth-order valence-corrected chi connectivity index (χ4v) is 2.75. The van der Waals surface area contributed by atoms with Gasteiger partial charge in [-0.15, -0.1) is 0 Å². The molecule has 0 spiro atoms. The van der Waals surface area contributed by atoms with E-state index in [0.29, 0.717) is 28.6 Å². The lowest BCUT2D eigenvalue weighted by molar-refractivity contribution is -0.138. The number of hydrogen-bond acceptors (Lipinski definition) is 5. The second-order valence-electron chi connectivity index (χ2n) is 5.36. The van der Waals surface area contributed by atoms with Crippen molar-refractivity contribution in [3.8, 4) is 23.0 Å². The van der Waals surface area contributed by atoms with Gasteiger partial charge < -0.3 is 24.1 Å². The normalized spacial score (nSPS) is 11.5. The van der Waals surface area contributed by atoms with E-state index in [9.17, 15) is 9.90 Å². The van der Waals surface area contributed by atoms with Gasteiger partial charge in [0.25, 0.3) is 0 Å². The van der Waals surface area contributed by atoms with Crippen LogP contribution in [0.1, 0.15) is 17.0 Å². The van der Waals surface area contributed by atoms with Gasteiger partial charge in [0.2, 0.25) is 0 Å². The van der Waals surface area contributed by atoms with E-state index >= 15 is 0 Å². The number of ether oxygens (including phenoxy) is 4. The number of rotatable bonds is 8. The Labute approximate surface area is 146 Å². The molecule has 0 saturated carbocycles. The van der Waals surface area contributed by atoms with Crippen molar-refractivity contribution in [1.29, 1.82) is 0 Å². The number of methoxy groups -OCH3 is 4. The molecule has 2 rings (SSSR count). The van der Waals surface area contributed by atoms with E-state index < -0.39 is 11.9 Å². The van der Waals surface area contributed by atoms with Crippen molar-refractivity contribution >= 4 is 5.97 Å². The first-order valence-electron chi connectivity index (χ1n) is 7.70. The average Bonchev–Trinajstić information content (AvgIpc) is 2.64. The number of carboxylic acid groups (broad SMARTS) is 1. The van der Waals surface area contributed by atoms with Crippen LogP contribution in [-0.4, -0.2) is 39.5 Å². The smallest absolute Gasteiger partial charge is 0.311 e. The van der Waals surface area contributed by atoms with Crippen LogP contribution in [0.5, 0.6) is 23.0 Å². The SMILES string of the molecule is COc1ccc(C(Cc2cccc(OC)c2OC)C(=O)O)cc1OC. The summed E-state index contributed by atoms with van der Waals surface area (Å²) in [5.74, 6) is 0.448. The van der Waals surface area contributed by atoms with Gasteiger partial charge in [0, 0.05) is 0 Å². The van der Waals surface area contributed by atoms with Gasteiger partial charge in [-0.3, -0.25) is 4.79 Å². The molecule has 1 N–H and O–H groups in total. The molecule has 0 aliphatic rings. The van der Waals surface area contributed by atoms with Crippen LogP contribution >= 0.6 is 0 Å². The van der Waals surface area contributed by atoms with Crippen LogP contribution in [0.25, 0.3) is 0 Å². The predicted molar refractivity (Wildman–Crippen MR) is 93.2 cm³/mol. The zero-order chi connectivity index (χ0) is 18.4. The van der Waals surface area contributed by atoms with Crippen LogP contribution < -0.4 is 18.9 Å². The molecule has 1 unspecified atom stereocenters. The fourth-order valence-electron chi connectivity index (χ4n) is 2.75. The van der Waals surface area contributed by atoms with Crippen molar-refractivity contribution in [2.45, 2.75) is 12.3 Å². The maximum Gasteiger partial charge on any atom is 0.311 e. The summed E-state index contributed by atoms with van der Waals surface area (Å²) in [5, 5.41) is 9.72. The van der Waals surface area contributed by atoms with Crippen LogP contribution in [0, 0.1) is 0 Å². The van der Waals surface area contributed by atoms with Crippen molar-refractivity contribution in [2.75, 3.05) is 28.4 Å². The third-order valence-electron chi connectivity index (χ3n) is 4.02. The van der Waals surface area contributed by atoms with Crippen LogP contribution in [0.4, 0.5) is 0 Å². The molecule has 0 aliphatic heterocycles. The quantitative estimate of drug-likeness (QED) is 0.791. The summed E-state index contributed by atoms with van der Waals surface area (Å²) in [5.41, 5.74) is 1.37. The first-order valence-corrected chi connectivity index (χ1v) is 7.70. The number of carboxylic acids is 1. The molecule has 0 aromatic heterocycles. The highest BCUT2D eigenvalue weighted by molar-refractivity contribution is 5.77. The van der Waals surface area contributed by atoms with Crippen LogP contribution in [-0.2, 0) is 11.2 Å². The van der Waals surface area contributed by atoms with Gasteiger partial charge in [0.1, 0.15) is 0 Å². The number of aliphatic carboxylic acids is 1. The zero-order valence-electron chi connectivity index (χ0n) is 14.7. The monoisotopic (exact) mass is 346 g/mol. The summed E-state index contributed by atoms with van der Waals surface area (Å²) in [7, 11) is 6.13. The highest BCUT2D eigenvalue weighted by Gasteiger charge is 2.24. The minimum absolute atomic E-state index is 0.255. The molecule has 0 fully saturated rings. The molecule has 0 aliphatic carbocycles. The Kier molecular flexibility index (Phi) is 6.11. The molecule has 0 heterocycles. The van der Waals surface area contributed by atoms with Gasteiger partial charge in [-0.05, 0) is 35.7 Å². The molecular formula is C19H22O6. The molecule has 25 heavy (non-hydrogen) atoms. The van der Waals surface area contributed by atoms with Crippen molar-refractivity contribution in [1.82, 2.24) is 0 Å². The zero-order valence-corrected chi connectivity index (χ0v) is 14.7.